The SMILES string of the molecule is CCCCCOOC(=O)C(O)CC. The average molecular weight is 190 g/mol. The average Bonchev–Trinajstić information content (AvgIpc) is 2.16. The maximum atomic E-state index is 10.8. The summed E-state index contributed by atoms with van der Waals surface area (Å²) in [5.74, 6) is -0.709. The van der Waals surface area contributed by atoms with Gasteiger partial charge in [0.1, 0.15) is 0 Å². The lowest BCUT2D eigenvalue weighted by atomic mass is 10.3. The maximum Gasteiger partial charge on any atom is 0.370 e. The van der Waals surface area contributed by atoms with Crippen LogP contribution >= 0.6 is 0 Å². The second kappa shape index (κ2) is 8.01. The van der Waals surface area contributed by atoms with Crippen LogP contribution in [0, 0.1) is 0 Å². The van der Waals surface area contributed by atoms with E-state index < -0.39 is 12.1 Å². The Kier molecular flexibility index (Phi) is 7.63. The molecule has 1 atom stereocenters. The van der Waals surface area contributed by atoms with Gasteiger partial charge in [0.05, 0.1) is 6.61 Å². The van der Waals surface area contributed by atoms with Gasteiger partial charge in [0.2, 0.25) is 0 Å². The summed E-state index contributed by atoms with van der Waals surface area (Å²) in [6, 6.07) is 0. The van der Waals surface area contributed by atoms with Crippen molar-refractivity contribution in [3.63, 3.8) is 0 Å². The molecule has 4 nitrogen and oxygen atoms in total. The molecule has 0 fully saturated rings. The Labute approximate surface area is 78.8 Å². The second-order valence-electron chi connectivity index (χ2n) is 2.86. The topological polar surface area (TPSA) is 55.8 Å². The summed E-state index contributed by atoms with van der Waals surface area (Å²) in [5, 5.41) is 8.97. The van der Waals surface area contributed by atoms with E-state index in [2.05, 4.69) is 16.7 Å². The lowest BCUT2D eigenvalue weighted by molar-refractivity contribution is -0.279. The van der Waals surface area contributed by atoms with Crippen molar-refractivity contribution >= 4 is 5.97 Å². The third-order valence-electron chi connectivity index (χ3n) is 1.63. The van der Waals surface area contributed by atoms with E-state index in [1.807, 2.05) is 0 Å². The molecule has 0 bridgehead atoms. The van der Waals surface area contributed by atoms with Crippen LogP contribution in [0.15, 0.2) is 0 Å². The minimum atomic E-state index is -1.06. The Balaban J connectivity index is 3.27. The van der Waals surface area contributed by atoms with Crippen LogP contribution in [0.5, 0.6) is 0 Å². The third-order valence-corrected chi connectivity index (χ3v) is 1.63. The van der Waals surface area contributed by atoms with Gasteiger partial charge in [-0.2, -0.15) is 4.89 Å². The van der Waals surface area contributed by atoms with Crippen LogP contribution in [0.25, 0.3) is 0 Å². The van der Waals surface area contributed by atoms with Gasteiger partial charge < -0.3 is 5.11 Å². The second-order valence-corrected chi connectivity index (χ2v) is 2.86. The van der Waals surface area contributed by atoms with Gasteiger partial charge in [-0.1, -0.05) is 26.7 Å². The highest BCUT2D eigenvalue weighted by Gasteiger charge is 2.14. The van der Waals surface area contributed by atoms with E-state index in [9.17, 15) is 4.79 Å². The molecule has 0 aromatic rings. The van der Waals surface area contributed by atoms with E-state index in [1.54, 1.807) is 6.92 Å². The number of carbonyl (C=O) groups excluding carboxylic acids is 1. The summed E-state index contributed by atoms with van der Waals surface area (Å²) in [4.78, 5) is 19.8. The molecule has 0 radical (unpaired) electrons. The fourth-order valence-electron chi connectivity index (χ4n) is 0.733. The molecule has 0 aliphatic carbocycles. The highest BCUT2D eigenvalue weighted by molar-refractivity contribution is 5.73. The minimum Gasteiger partial charge on any atom is -0.381 e. The number of hydrogen-bond donors (Lipinski definition) is 1. The van der Waals surface area contributed by atoms with Crippen LogP contribution in [0.2, 0.25) is 0 Å². The van der Waals surface area contributed by atoms with Crippen LogP contribution in [0.3, 0.4) is 0 Å². The number of aliphatic hydroxyl groups excluding tert-OH is 1. The maximum absolute atomic E-state index is 10.8. The van der Waals surface area contributed by atoms with Gasteiger partial charge >= 0.3 is 5.97 Å². The molecule has 13 heavy (non-hydrogen) atoms. The van der Waals surface area contributed by atoms with E-state index in [1.165, 1.54) is 0 Å². The number of aliphatic hydroxyl groups is 1. The van der Waals surface area contributed by atoms with Crippen molar-refractivity contribution in [2.24, 2.45) is 0 Å². The van der Waals surface area contributed by atoms with E-state index in [0.29, 0.717) is 13.0 Å². The van der Waals surface area contributed by atoms with Gasteiger partial charge in [-0.15, -0.1) is 0 Å². The summed E-state index contributed by atoms with van der Waals surface area (Å²) >= 11 is 0. The third kappa shape index (κ3) is 6.54. The zero-order valence-corrected chi connectivity index (χ0v) is 8.28. The van der Waals surface area contributed by atoms with Crippen LogP contribution in [-0.2, 0) is 14.6 Å². The van der Waals surface area contributed by atoms with Crippen molar-refractivity contribution in [3.05, 3.63) is 0 Å². The Morgan fingerprint density at radius 3 is 2.62 bits per heavy atom. The van der Waals surface area contributed by atoms with Gasteiger partial charge in [-0.25, -0.2) is 4.79 Å². The van der Waals surface area contributed by atoms with Crippen LogP contribution in [0.1, 0.15) is 39.5 Å². The standard InChI is InChI=1S/C9H18O4/c1-3-5-6-7-12-13-9(11)8(10)4-2/h8,10H,3-7H2,1-2H3. The molecular formula is C9H18O4. The summed E-state index contributed by atoms with van der Waals surface area (Å²) in [5.41, 5.74) is 0. The van der Waals surface area contributed by atoms with E-state index in [0.717, 1.165) is 19.3 Å². The molecule has 0 heterocycles. The first kappa shape index (κ1) is 12.4. The molecule has 1 N–H and O–H groups in total. The zero-order chi connectivity index (χ0) is 10.1. The molecule has 1 unspecified atom stereocenters. The number of unbranched alkanes of at least 4 members (excludes halogenated alkanes) is 2. The van der Waals surface area contributed by atoms with Crippen molar-refractivity contribution in [3.8, 4) is 0 Å². The van der Waals surface area contributed by atoms with Gasteiger partial charge in [-0.05, 0) is 12.8 Å². The number of carbonyl (C=O) groups is 1. The predicted molar refractivity (Wildman–Crippen MR) is 47.9 cm³/mol. The molecule has 78 valence electrons. The molecule has 0 aliphatic rings. The lowest BCUT2D eigenvalue weighted by Gasteiger charge is -2.06. The Morgan fingerprint density at radius 2 is 2.08 bits per heavy atom. The van der Waals surface area contributed by atoms with Gasteiger partial charge in [0, 0.05) is 0 Å². The molecule has 0 aromatic heterocycles. The van der Waals surface area contributed by atoms with E-state index >= 15 is 0 Å². The summed E-state index contributed by atoms with van der Waals surface area (Å²) < 4.78 is 0. The fourth-order valence-corrected chi connectivity index (χ4v) is 0.733. The van der Waals surface area contributed by atoms with Crippen molar-refractivity contribution < 1.29 is 19.7 Å². The van der Waals surface area contributed by atoms with E-state index in [4.69, 9.17) is 5.11 Å². The Bertz CT molecular complexity index is 136. The first-order valence-electron chi connectivity index (χ1n) is 4.73. The Hall–Kier alpha value is -0.610. The highest BCUT2D eigenvalue weighted by Crippen LogP contribution is 1.97. The quantitative estimate of drug-likeness (QED) is 0.375. The summed E-state index contributed by atoms with van der Waals surface area (Å²) in [6.45, 7) is 4.17. The summed E-state index contributed by atoms with van der Waals surface area (Å²) in [7, 11) is 0. The van der Waals surface area contributed by atoms with Gasteiger partial charge in [0.15, 0.2) is 6.10 Å². The molecular weight excluding hydrogens is 172 g/mol. The lowest BCUT2D eigenvalue weighted by Crippen LogP contribution is -2.22. The normalized spacial score (nSPS) is 12.5. The van der Waals surface area contributed by atoms with Crippen molar-refractivity contribution in [1.29, 1.82) is 0 Å². The molecule has 0 saturated heterocycles. The van der Waals surface area contributed by atoms with Crippen LogP contribution in [0.4, 0.5) is 0 Å². The molecule has 0 amide bonds. The van der Waals surface area contributed by atoms with Crippen LogP contribution < -0.4 is 0 Å². The number of rotatable bonds is 7. The summed E-state index contributed by atoms with van der Waals surface area (Å²) in [6.07, 6.45) is 2.29. The molecule has 4 heteroatoms. The molecule has 0 spiro atoms. The van der Waals surface area contributed by atoms with Crippen molar-refractivity contribution in [2.75, 3.05) is 6.61 Å². The molecule has 0 aromatic carbocycles. The van der Waals surface area contributed by atoms with Crippen molar-refractivity contribution in [2.45, 2.75) is 45.6 Å². The van der Waals surface area contributed by atoms with E-state index in [-0.39, 0.29) is 0 Å². The minimum absolute atomic E-state index is 0.344. The van der Waals surface area contributed by atoms with Crippen molar-refractivity contribution in [1.82, 2.24) is 0 Å². The predicted octanol–water partition coefficient (Wildman–Crippen LogP) is 1.42. The molecule has 0 saturated carbocycles. The monoisotopic (exact) mass is 190 g/mol. The molecule has 0 aliphatic heterocycles. The Morgan fingerprint density at radius 1 is 1.38 bits per heavy atom. The number of hydrogen-bond acceptors (Lipinski definition) is 4. The smallest absolute Gasteiger partial charge is 0.370 e. The highest BCUT2D eigenvalue weighted by atomic mass is 17.2. The van der Waals surface area contributed by atoms with Gasteiger partial charge in [-0.3, -0.25) is 4.89 Å². The van der Waals surface area contributed by atoms with Crippen LogP contribution in [-0.4, -0.2) is 23.8 Å². The molecule has 0 rings (SSSR count). The van der Waals surface area contributed by atoms with Gasteiger partial charge in [0.25, 0.3) is 0 Å². The first-order chi connectivity index (χ1) is 6.22. The zero-order valence-electron chi connectivity index (χ0n) is 8.28. The first-order valence-corrected chi connectivity index (χ1v) is 4.73. The largest absolute Gasteiger partial charge is 0.381 e. The fraction of sp³-hybridized carbons (Fsp3) is 0.889.